The maximum absolute atomic E-state index is 13.6. The number of anilines is 2. The zero-order chi connectivity index (χ0) is 31.7. The summed E-state index contributed by atoms with van der Waals surface area (Å²) >= 11 is 0. The van der Waals surface area contributed by atoms with Crippen molar-refractivity contribution >= 4 is 29.5 Å². The molecular formula is C30H46N8O5. The molecule has 3 aromatic heterocycles. The van der Waals surface area contributed by atoms with Crippen LogP contribution in [0.25, 0.3) is 5.65 Å². The molecule has 1 fully saturated rings. The van der Waals surface area contributed by atoms with Gasteiger partial charge in [0.05, 0.1) is 31.1 Å². The first-order chi connectivity index (χ1) is 20.0. The molecule has 13 nitrogen and oxygen atoms in total. The summed E-state index contributed by atoms with van der Waals surface area (Å²) in [6, 6.07) is 3.62. The van der Waals surface area contributed by atoms with Crippen molar-refractivity contribution in [1.82, 2.24) is 29.3 Å². The van der Waals surface area contributed by atoms with Crippen molar-refractivity contribution in [3.8, 4) is 0 Å². The minimum atomic E-state index is -0.735. The predicted octanol–water partition coefficient (Wildman–Crippen LogP) is 4.56. The van der Waals surface area contributed by atoms with Gasteiger partial charge in [0, 0.05) is 43.9 Å². The van der Waals surface area contributed by atoms with Gasteiger partial charge in [-0.3, -0.25) is 9.58 Å². The number of hydrogen-bond acceptors (Lipinski definition) is 9. The summed E-state index contributed by atoms with van der Waals surface area (Å²) in [5.74, 6) is 1.03. The molecule has 236 valence electrons. The van der Waals surface area contributed by atoms with Gasteiger partial charge in [-0.15, -0.1) is 0 Å². The van der Waals surface area contributed by atoms with Crippen molar-refractivity contribution in [2.45, 2.75) is 91.6 Å². The Bertz CT molecular complexity index is 1430. The van der Waals surface area contributed by atoms with Gasteiger partial charge in [0.15, 0.2) is 5.65 Å². The molecule has 1 aliphatic heterocycles. The first kappa shape index (κ1) is 32.1. The molecular weight excluding hydrogens is 552 g/mol. The number of piperidine rings is 1. The van der Waals surface area contributed by atoms with E-state index in [1.165, 1.54) is 4.90 Å². The van der Waals surface area contributed by atoms with E-state index >= 15 is 0 Å². The van der Waals surface area contributed by atoms with Gasteiger partial charge in [0.2, 0.25) is 0 Å². The summed E-state index contributed by atoms with van der Waals surface area (Å²) in [6.45, 7) is 16.4. The number of aromatic nitrogens is 5. The van der Waals surface area contributed by atoms with Gasteiger partial charge in [0.1, 0.15) is 22.8 Å². The summed E-state index contributed by atoms with van der Waals surface area (Å²) in [5, 5.41) is 23.2. The standard InChI is InChI=1S/C30H46N8O5/c1-19(2)22-16-33-38-25(37(28(41)43-30(6,7)8)17-21-10-12-32-35(21)9)14-24(34-26(22)38)31-15-20-11-13-36(18-23(20)39)27(40)42-29(3,4)5/h10,12,14,16,19-20,23,39H,11,13,15,17-18H2,1-9H3,(H,31,34)/t20-,23+/m1/s1. The number of β-amino-alcohol motifs (C(OH)–C–C–N with tert-alkyl or cyclic N) is 1. The zero-order valence-corrected chi connectivity index (χ0v) is 26.8. The van der Waals surface area contributed by atoms with Crippen LogP contribution in [-0.4, -0.2) is 83.5 Å². The lowest BCUT2D eigenvalue weighted by Crippen LogP contribution is -2.49. The van der Waals surface area contributed by atoms with Crippen LogP contribution in [0.2, 0.25) is 0 Å². The molecule has 2 atom stereocenters. The number of aliphatic hydroxyl groups excluding tert-OH is 1. The number of fused-ring (bicyclic) bond motifs is 1. The average molecular weight is 599 g/mol. The maximum Gasteiger partial charge on any atom is 0.416 e. The number of ether oxygens (including phenoxy) is 2. The number of nitrogens with one attached hydrogen (secondary N) is 1. The molecule has 0 radical (unpaired) electrons. The van der Waals surface area contributed by atoms with E-state index in [4.69, 9.17) is 14.5 Å². The SMILES string of the molecule is CC(C)c1cnn2c(N(Cc3ccnn3C)C(=O)OC(C)(C)C)cc(NC[C@H]3CCN(C(=O)OC(C)(C)C)C[C@@H]3O)nc12. The lowest BCUT2D eigenvalue weighted by atomic mass is 9.94. The van der Waals surface area contributed by atoms with Crippen LogP contribution in [0.5, 0.6) is 0 Å². The number of rotatable bonds is 7. The van der Waals surface area contributed by atoms with E-state index in [0.29, 0.717) is 36.8 Å². The topological polar surface area (TPSA) is 139 Å². The summed E-state index contributed by atoms with van der Waals surface area (Å²) < 4.78 is 14.7. The van der Waals surface area contributed by atoms with E-state index in [-0.39, 0.29) is 24.9 Å². The van der Waals surface area contributed by atoms with Crippen molar-refractivity contribution in [3.63, 3.8) is 0 Å². The highest BCUT2D eigenvalue weighted by atomic mass is 16.6. The quantitative estimate of drug-likeness (QED) is 0.401. The predicted molar refractivity (Wildman–Crippen MR) is 163 cm³/mol. The molecule has 0 aromatic carbocycles. The average Bonchev–Trinajstić information content (AvgIpc) is 3.50. The fourth-order valence-electron chi connectivity index (χ4n) is 4.87. The first-order valence-corrected chi connectivity index (χ1v) is 14.8. The van der Waals surface area contributed by atoms with Crippen LogP contribution in [0.3, 0.4) is 0 Å². The molecule has 43 heavy (non-hydrogen) atoms. The number of aliphatic hydroxyl groups is 1. The second-order valence-electron chi connectivity index (χ2n) is 13.4. The lowest BCUT2D eigenvalue weighted by Gasteiger charge is -2.36. The molecule has 0 saturated carbocycles. The number of carbonyl (C=O) groups is 2. The van der Waals surface area contributed by atoms with Crippen molar-refractivity contribution in [2.24, 2.45) is 13.0 Å². The maximum atomic E-state index is 13.6. The van der Waals surface area contributed by atoms with Crippen molar-refractivity contribution in [3.05, 3.63) is 35.8 Å². The molecule has 3 aromatic rings. The first-order valence-electron chi connectivity index (χ1n) is 14.8. The largest absolute Gasteiger partial charge is 0.444 e. The molecule has 0 spiro atoms. The Morgan fingerprint density at radius 2 is 1.84 bits per heavy atom. The molecule has 0 aliphatic carbocycles. The summed E-state index contributed by atoms with van der Waals surface area (Å²) in [5.41, 5.74) is 1.04. The van der Waals surface area contributed by atoms with Gasteiger partial charge >= 0.3 is 12.2 Å². The Balaban J connectivity index is 1.63. The van der Waals surface area contributed by atoms with Crippen LogP contribution >= 0.6 is 0 Å². The number of aryl methyl sites for hydroxylation is 1. The fraction of sp³-hybridized carbons (Fsp3) is 0.633. The van der Waals surface area contributed by atoms with Crippen molar-refractivity contribution < 1.29 is 24.2 Å². The van der Waals surface area contributed by atoms with E-state index in [1.807, 2.05) is 54.7 Å². The Morgan fingerprint density at radius 1 is 1.14 bits per heavy atom. The van der Waals surface area contributed by atoms with Crippen LogP contribution in [0.15, 0.2) is 24.5 Å². The Morgan fingerprint density at radius 3 is 2.42 bits per heavy atom. The number of likely N-dealkylation sites (tertiary alicyclic amines) is 1. The van der Waals surface area contributed by atoms with Gasteiger partial charge in [-0.2, -0.15) is 14.7 Å². The van der Waals surface area contributed by atoms with E-state index in [0.717, 1.165) is 11.3 Å². The summed E-state index contributed by atoms with van der Waals surface area (Å²) in [4.78, 5) is 34.1. The second kappa shape index (κ2) is 12.4. The minimum absolute atomic E-state index is 0.119. The van der Waals surface area contributed by atoms with Crippen LogP contribution in [-0.2, 0) is 23.1 Å². The second-order valence-corrected chi connectivity index (χ2v) is 13.4. The van der Waals surface area contributed by atoms with Crippen LogP contribution < -0.4 is 10.2 Å². The summed E-state index contributed by atoms with van der Waals surface area (Å²) in [7, 11) is 1.82. The van der Waals surface area contributed by atoms with Crippen LogP contribution in [0, 0.1) is 5.92 Å². The van der Waals surface area contributed by atoms with E-state index < -0.39 is 29.5 Å². The number of carbonyl (C=O) groups excluding carboxylic acids is 2. The molecule has 4 heterocycles. The third-order valence-corrected chi connectivity index (χ3v) is 7.15. The van der Waals surface area contributed by atoms with Crippen LogP contribution in [0.4, 0.5) is 21.2 Å². The van der Waals surface area contributed by atoms with Gasteiger partial charge in [-0.25, -0.2) is 14.6 Å². The lowest BCUT2D eigenvalue weighted by molar-refractivity contribution is -0.0104. The highest BCUT2D eigenvalue weighted by molar-refractivity contribution is 5.88. The third kappa shape index (κ3) is 7.95. The minimum Gasteiger partial charge on any atom is -0.444 e. The molecule has 4 rings (SSSR count). The smallest absolute Gasteiger partial charge is 0.416 e. The highest BCUT2D eigenvalue weighted by Gasteiger charge is 2.33. The third-order valence-electron chi connectivity index (χ3n) is 7.15. The van der Waals surface area contributed by atoms with Gasteiger partial charge in [-0.1, -0.05) is 13.8 Å². The van der Waals surface area contributed by atoms with E-state index in [2.05, 4.69) is 29.4 Å². The molecule has 13 heteroatoms. The van der Waals surface area contributed by atoms with Crippen LogP contribution in [0.1, 0.15) is 79.0 Å². The van der Waals surface area contributed by atoms with E-state index in [9.17, 15) is 14.7 Å². The highest BCUT2D eigenvalue weighted by Crippen LogP contribution is 2.29. The molecule has 2 amide bonds. The molecule has 0 unspecified atom stereocenters. The van der Waals surface area contributed by atoms with Gasteiger partial charge in [-0.05, 0) is 59.9 Å². The normalized spacial score (nSPS) is 17.8. The van der Waals surface area contributed by atoms with E-state index in [1.54, 1.807) is 32.6 Å². The number of nitrogens with zero attached hydrogens (tertiary/aromatic N) is 7. The molecule has 1 saturated heterocycles. The fourth-order valence-corrected chi connectivity index (χ4v) is 4.87. The van der Waals surface area contributed by atoms with Gasteiger partial charge < -0.3 is 24.8 Å². The Hall–Kier alpha value is -3.87. The Labute approximate surface area is 253 Å². The van der Waals surface area contributed by atoms with Crippen molar-refractivity contribution in [2.75, 3.05) is 29.9 Å². The van der Waals surface area contributed by atoms with Gasteiger partial charge in [0.25, 0.3) is 0 Å². The monoisotopic (exact) mass is 598 g/mol. The molecule has 0 bridgehead atoms. The van der Waals surface area contributed by atoms with Crippen molar-refractivity contribution in [1.29, 1.82) is 0 Å². The number of amides is 2. The number of hydrogen-bond donors (Lipinski definition) is 2. The Kier molecular flexibility index (Phi) is 9.24. The summed E-state index contributed by atoms with van der Waals surface area (Å²) in [6.07, 6.45) is 2.36. The molecule has 1 aliphatic rings. The molecule has 2 N–H and O–H groups in total. The zero-order valence-electron chi connectivity index (χ0n) is 26.8.